The number of ether oxygens (including phenoxy) is 1. The molecule has 1 saturated carbocycles. The molecule has 8 heteroatoms. The molecule has 1 fully saturated rings. The molecule has 1 aliphatic rings. The Kier molecular flexibility index (Phi) is 8.40. The summed E-state index contributed by atoms with van der Waals surface area (Å²) in [5, 5.41) is 15.5. The number of carbonyl (C=O) groups excluding carboxylic acids is 3. The number of hydrogen-bond acceptors (Lipinski definition) is 5. The monoisotopic (exact) mass is 495 g/mol. The Balaban J connectivity index is 2.00. The van der Waals surface area contributed by atoms with Crippen molar-refractivity contribution in [2.45, 2.75) is 78.1 Å². The molecule has 0 spiro atoms. The largest absolute Gasteiger partial charge is 0.444 e. The summed E-state index contributed by atoms with van der Waals surface area (Å²) in [6.07, 6.45) is 0.656. The van der Waals surface area contributed by atoms with Crippen molar-refractivity contribution in [3.8, 4) is 0 Å². The van der Waals surface area contributed by atoms with E-state index in [1.54, 1.807) is 20.8 Å². The second-order valence-corrected chi connectivity index (χ2v) is 10.4. The van der Waals surface area contributed by atoms with Gasteiger partial charge in [0.2, 0.25) is 5.91 Å². The van der Waals surface area contributed by atoms with Crippen LogP contribution in [0.25, 0.3) is 0 Å². The number of nitrogens with one attached hydrogen (secondary N) is 2. The zero-order chi connectivity index (χ0) is 26.6. The van der Waals surface area contributed by atoms with E-state index in [1.807, 2.05) is 63.2 Å². The quantitative estimate of drug-likeness (QED) is 0.510. The second-order valence-electron chi connectivity index (χ2n) is 10.4. The van der Waals surface area contributed by atoms with Gasteiger partial charge in [0, 0.05) is 11.7 Å². The lowest BCUT2D eigenvalue weighted by Gasteiger charge is -2.35. The number of nitrogens with zero attached hydrogens (tertiary/aromatic N) is 1. The molecule has 1 aliphatic carbocycles. The van der Waals surface area contributed by atoms with Gasteiger partial charge in [-0.25, -0.2) is 4.79 Å². The van der Waals surface area contributed by atoms with Crippen molar-refractivity contribution in [1.82, 2.24) is 10.2 Å². The van der Waals surface area contributed by atoms with Crippen molar-refractivity contribution in [2.24, 2.45) is 0 Å². The van der Waals surface area contributed by atoms with Crippen LogP contribution in [-0.2, 0) is 14.3 Å². The van der Waals surface area contributed by atoms with E-state index in [9.17, 15) is 19.5 Å². The van der Waals surface area contributed by atoms with Crippen molar-refractivity contribution < 1.29 is 24.2 Å². The number of alkyl carbamates (subject to hydrolysis) is 1. The summed E-state index contributed by atoms with van der Waals surface area (Å²) in [5.74, 6) is -0.885. The molecule has 0 heterocycles. The van der Waals surface area contributed by atoms with Gasteiger partial charge < -0.3 is 25.4 Å². The van der Waals surface area contributed by atoms with Crippen LogP contribution in [0, 0.1) is 20.8 Å². The lowest BCUT2D eigenvalue weighted by molar-refractivity contribution is -0.142. The van der Waals surface area contributed by atoms with Crippen molar-refractivity contribution in [1.29, 1.82) is 0 Å². The minimum Gasteiger partial charge on any atom is -0.444 e. The van der Waals surface area contributed by atoms with Crippen molar-refractivity contribution in [3.63, 3.8) is 0 Å². The molecule has 2 unspecified atom stereocenters. The average Bonchev–Trinajstić information content (AvgIpc) is 3.63. The minimum atomic E-state index is -1.25. The first-order valence-electron chi connectivity index (χ1n) is 12.3. The van der Waals surface area contributed by atoms with Gasteiger partial charge >= 0.3 is 6.09 Å². The Morgan fingerprint density at radius 1 is 1.03 bits per heavy atom. The summed E-state index contributed by atoms with van der Waals surface area (Å²) in [6, 6.07) is 10.7. The van der Waals surface area contributed by atoms with Crippen LogP contribution >= 0.6 is 0 Å². The van der Waals surface area contributed by atoms with Gasteiger partial charge in [0.25, 0.3) is 5.91 Å². The summed E-state index contributed by atoms with van der Waals surface area (Å²) in [7, 11) is 0. The second kappa shape index (κ2) is 11.1. The zero-order valence-electron chi connectivity index (χ0n) is 21.9. The number of rotatable bonds is 8. The van der Waals surface area contributed by atoms with E-state index in [-0.39, 0.29) is 11.9 Å². The number of para-hydroxylation sites is 1. The van der Waals surface area contributed by atoms with Gasteiger partial charge in [0.1, 0.15) is 17.7 Å². The molecule has 0 aromatic heterocycles. The molecule has 3 rings (SSSR count). The fraction of sp³-hybridized carbons (Fsp3) is 0.464. The number of benzene rings is 2. The molecule has 194 valence electrons. The van der Waals surface area contributed by atoms with E-state index in [4.69, 9.17) is 4.74 Å². The van der Waals surface area contributed by atoms with Crippen LogP contribution in [0.5, 0.6) is 0 Å². The maximum Gasteiger partial charge on any atom is 0.408 e. The number of aliphatic hydroxyl groups excluding tert-OH is 1. The van der Waals surface area contributed by atoms with Crippen LogP contribution in [0.4, 0.5) is 10.5 Å². The van der Waals surface area contributed by atoms with Crippen LogP contribution in [0.1, 0.15) is 61.9 Å². The fourth-order valence-electron chi connectivity index (χ4n) is 4.09. The molecule has 8 nitrogen and oxygen atoms in total. The van der Waals surface area contributed by atoms with E-state index >= 15 is 0 Å². The van der Waals surface area contributed by atoms with E-state index in [0.29, 0.717) is 11.3 Å². The summed E-state index contributed by atoms with van der Waals surface area (Å²) in [6.45, 7) is 10.3. The minimum absolute atomic E-state index is 0.181. The first kappa shape index (κ1) is 27.2. The Labute approximate surface area is 213 Å². The molecular formula is C28H37N3O5. The number of hydrogen-bond donors (Lipinski definition) is 3. The molecular weight excluding hydrogens is 458 g/mol. The highest BCUT2D eigenvalue weighted by Crippen LogP contribution is 2.37. The lowest BCUT2D eigenvalue weighted by atomic mass is 9.94. The van der Waals surface area contributed by atoms with E-state index in [0.717, 1.165) is 29.5 Å². The average molecular weight is 496 g/mol. The van der Waals surface area contributed by atoms with Gasteiger partial charge in [-0.2, -0.15) is 0 Å². The predicted molar refractivity (Wildman–Crippen MR) is 139 cm³/mol. The number of aliphatic hydroxyl groups is 1. The maximum atomic E-state index is 13.8. The van der Waals surface area contributed by atoms with Gasteiger partial charge in [-0.1, -0.05) is 36.4 Å². The van der Waals surface area contributed by atoms with Crippen LogP contribution in [0.15, 0.2) is 42.5 Å². The third-order valence-electron chi connectivity index (χ3n) is 6.24. The summed E-state index contributed by atoms with van der Waals surface area (Å²) in [5.41, 5.74) is 3.39. The van der Waals surface area contributed by atoms with E-state index in [2.05, 4.69) is 10.6 Å². The highest BCUT2D eigenvalue weighted by atomic mass is 16.6. The number of aryl methyl sites for hydroxylation is 2. The molecule has 0 saturated heterocycles. The van der Waals surface area contributed by atoms with Crippen LogP contribution in [0.3, 0.4) is 0 Å². The van der Waals surface area contributed by atoms with Crippen molar-refractivity contribution >= 4 is 23.6 Å². The van der Waals surface area contributed by atoms with E-state index in [1.165, 1.54) is 4.90 Å². The first-order chi connectivity index (χ1) is 16.9. The Bertz CT molecular complexity index is 1120. The van der Waals surface area contributed by atoms with Crippen molar-refractivity contribution in [2.75, 3.05) is 11.9 Å². The molecule has 2 aromatic carbocycles. The molecule has 0 bridgehead atoms. The Morgan fingerprint density at radius 2 is 1.67 bits per heavy atom. The predicted octanol–water partition coefficient (Wildman–Crippen LogP) is 4.17. The van der Waals surface area contributed by atoms with Gasteiger partial charge in [0.15, 0.2) is 0 Å². The molecule has 3 N–H and O–H groups in total. The normalized spacial score (nSPS) is 15.0. The van der Waals surface area contributed by atoms with Crippen LogP contribution < -0.4 is 10.6 Å². The Morgan fingerprint density at radius 3 is 2.25 bits per heavy atom. The molecule has 2 aromatic rings. The topological polar surface area (TPSA) is 108 Å². The number of anilines is 1. The number of amides is 3. The summed E-state index contributed by atoms with van der Waals surface area (Å²) in [4.78, 5) is 41.6. The van der Waals surface area contributed by atoms with Crippen LogP contribution in [-0.4, -0.2) is 52.2 Å². The molecule has 3 amide bonds. The fourth-order valence-corrected chi connectivity index (χ4v) is 4.09. The number of carbonyl (C=O) groups is 3. The van der Waals surface area contributed by atoms with Crippen LogP contribution in [0.2, 0.25) is 0 Å². The summed E-state index contributed by atoms with van der Waals surface area (Å²) >= 11 is 0. The van der Waals surface area contributed by atoms with Gasteiger partial charge in [0.05, 0.1) is 6.61 Å². The maximum absolute atomic E-state index is 13.8. The van der Waals surface area contributed by atoms with Gasteiger partial charge in [-0.3, -0.25) is 9.59 Å². The Hall–Kier alpha value is -3.39. The SMILES string of the molecule is Cc1ccccc1NC(=O)C(c1cccc(C)c1C)N(C(=O)C(CO)NC(=O)OC(C)(C)C)C1CC1. The zero-order valence-corrected chi connectivity index (χ0v) is 21.9. The van der Waals surface area contributed by atoms with Gasteiger partial charge in [-0.05, 0) is 82.7 Å². The highest BCUT2D eigenvalue weighted by molar-refractivity contribution is 5.99. The standard InChI is InChI=1S/C28H37N3O5/c1-17-11-9-12-21(19(17)3)24(25(33)29-22-13-8-7-10-18(22)2)31(20-14-15-20)26(34)23(16-32)30-27(35)36-28(4,5)6/h7-13,20,23-24,32H,14-16H2,1-6H3,(H,29,33)(H,30,35). The first-order valence-corrected chi connectivity index (χ1v) is 12.3. The molecule has 0 aliphatic heterocycles. The molecule has 2 atom stereocenters. The third kappa shape index (κ3) is 6.63. The summed E-state index contributed by atoms with van der Waals surface area (Å²) < 4.78 is 5.28. The smallest absolute Gasteiger partial charge is 0.408 e. The lowest BCUT2D eigenvalue weighted by Crippen LogP contribution is -2.54. The molecule has 0 radical (unpaired) electrons. The van der Waals surface area contributed by atoms with Crippen molar-refractivity contribution in [3.05, 3.63) is 64.7 Å². The highest BCUT2D eigenvalue weighted by Gasteiger charge is 2.44. The van der Waals surface area contributed by atoms with E-state index < -0.39 is 36.3 Å². The third-order valence-corrected chi connectivity index (χ3v) is 6.24. The van der Waals surface area contributed by atoms with Gasteiger partial charge in [-0.15, -0.1) is 0 Å². The molecule has 36 heavy (non-hydrogen) atoms.